The molecule has 0 aliphatic heterocycles. The molecule has 1 heteroatoms. The highest BCUT2D eigenvalue weighted by Gasteiger charge is 2.20. The third kappa shape index (κ3) is 4.41. The van der Waals surface area contributed by atoms with Crippen LogP contribution in [0, 0.1) is 11.3 Å². The topological polar surface area (TPSA) is 20.2 Å². The van der Waals surface area contributed by atoms with Gasteiger partial charge in [-0.05, 0) is 17.8 Å². The molecule has 0 saturated carbocycles. The van der Waals surface area contributed by atoms with Gasteiger partial charge in [-0.25, -0.2) is 0 Å². The van der Waals surface area contributed by atoms with Gasteiger partial charge in [-0.3, -0.25) is 0 Å². The fourth-order valence-corrected chi connectivity index (χ4v) is 1.42. The van der Waals surface area contributed by atoms with Gasteiger partial charge in [-0.15, -0.1) is 0 Å². The van der Waals surface area contributed by atoms with E-state index in [0.29, 0.717) is 6.61 Å². The first-order chi connectivity index (χ1) is 5.05. The maximum Gasteiger partial charge on any atom is 0.0482 e. The summed E-state index contributed by atoms with van der Waals surface area (Å²) in [5.74, 6) is 0.789. The zero-order chi connectivity index (χ0) is 8.91. The van der Waals surface area contributed by atoms with Gasteiger partial charge in [0.25, 0.3) is 0 Å². The molecule has 68 valence electrons. The largest absolute Gasteiger partial charge is 0.396 e. The fourth-order valence-electron chi connectivity index (χ4n) is 1.42. The third-order valence-electron chi connectivity index (χ3n) is 2.42. The Hall–Kier alpha value is -0.0400. The molecule has 1 nitrogen and oxygen atoms in total. The zero-order valence-electron chi connectivity index (χ0n) is 8.35. The summed E-state index contributed by atoms with van der Waals surface area (Å²) >= 11 is 0. The van der Waals surface area contributed by atoms with Crippen LogP contribution in [0.1, 0.15) is 47.0 Å². The summed E-state index contributed by atoms with van der Waals surface area (Å²) in [6, 6.07) is 0. The van der Waals surface area contributed by atoms with E-state index in [9.17, 15) is 0 Å². The van der Waals surface area contributed by atoms with E-state index in [4.69, 9.17) is 5.11 Å². The van der Waals surface area contributed by atoms with Gasteiger partial charge in [0.05, 0.1) is 0 Å². The predicted molar refractivity (Wildman–Crippen MR) is 49.6 cm³/mol. The monoisotopic (exact) mass is 158 g/mol. The first kappa shape index (κ1) is 11.0. The molecule has 0 aromatic rings. The van der Waals surface area contributed by atoms with Gasteiger partial charge in [0.2, 0.25) is 0 Å². The summed E-state index contributed by atoms with van der Waals surface area (Å²) in [5, 5.41) is 9.03. The van der Waals surface area contributed by atoms with Crippen LogP contribution in [0.25, 0.3) is 0 Å². The van der Waals surface area contributed by atoms with Crippen molar-refractivity contribution in [3.8, 4) is 0 Å². The van der Waals surface area contributed by atoms with Gasteiger partial charge in [0.15, 0.2) is 0 Å². The third-order valence-corrected chi connectivity index (χ3v) is 2.42. The molecule has 0 aromatic carbocycles. The van der Waals surface area contributed by atoms with E-state index >= 15 is 0 Å². The van der Waals surface area contributed by atoms with Crippen molar-refractivity contribution in [2.45, 2.75) is 47.0 Å². The van der Waals surface area contributed by atoms with Crippen molar-refractivity contribution in [1.29, 1.82) is 0 Å². The summed E-state index contributed by atoms with van der Waals surface area (Å²) in [6.07, 6.45) is 3.62. The minimum Gasteiger partial charge on any atom is -0.396 e. The smallest absolute Gasteiger partial charge is 0.0482 e. The van der Waals surface area contributed by atoms with Crippen molar-refractivity contribution >= 4 is 0 Å². The van der Waals surface area contributed by atoms with E-state index in [1.807, 2.05) is 0 Å². The first-order valence-corrected chi connectivity index (χ1v) is 4.66. The normalized spacial score (nSPS) is 12.5. The summed E-state index contributed by atoms with van der Waals surface area (Å²) < 4.78 is 0. The van der Waals surface area contributed by atoms with Crippen molar-refractivity contribution < 1.29 is 5.11 Å². The second-order valence-electron chi connectivity index (χ2n) is 4.21. The number of rotatable bonds is 5. The molecule has 0 amide bonds. The SMILES string of the molecule is CCC(CC)CC(C)(C)CO. The maximum absolute atomic E-state index is 9.03. The number of hydrogen-bond donors (Lipinski definition) is 1. The summed E-state index contributed by atoms with van der Waals surface area (Å²) in [5.41, 5.74) is 0.122. The van der Waals surface area contributed by atoms with Crippen LogP contribution in [0.15, 0.2) is 0 Å². The van der Waals surface area contributed by atoms with Crippen molar-refractivity contribution in [3.05, 3.63) is 0 Å². The Morgan fingerprint density at radius 2 is 1.64 bits per heavy atom. The quantitative estimate of drug-likeness (QED) is 0.652. The second-order valence-corrected chi connectivity index (χ2v) is 4.21. The Kier molecular flexibility index (Phi) is 4.74. The molecular formula is C10H22O. The molecule has 0 atom stereocenters. The second kappa shape index (κ2) is 4.76. The van der Waals surface area contributed by atoms with Gasteiger partial charge < -0.3 is 5.11 Å². The van der Waals surface area contributed by atoms with E-state index in [0.717, 1.165) is 12.3 Å². The van der Waals surface area contributed by atoms with E-state index in [-0.39, 0.29) is 5.41 Å². The van der Waals surface area contributed by atoms with E-state index in [1.165, 1.54) is 12.8 Å². The highest BCUT2D eigenvalue weighted by molar-refractivity contribution is 4.71. The van der Waals surface area contributed by atoms with Crippen LogP contribution < -0.4 is 0 Å². The standard InChI is InChI=1S/C10H22O/c1-5-9(6-2)7-10(3,4)8-11/h9,11H,5-8H2,1-4H3. The summed E-state index contributed by atoms with van der Waals surface area (Å²) in [6.45, 7) is 9.02. The van der Waals surface area contributed by atoms with Crippen LogP contribution in [-0.2, 0) is 0 Å². The molecule has 0 aliphatic carbocycles. The zero-order valence-corrected chi connectivity index (χ0v) is 8.35. The molecule has 0 aromatic heterocycles. The Labute approximate surface area is 70.8 Å². The fraction of sp³-hybridized carbons (Fsp3) is 1.00. The van der Waals surface area contributed by atoms with E-state index in [2.05, 4.69) is 27.7 Å². The van der Waals surface area contributed by atoms with Gasteiger partial charge in [0, 0.05) is 6.61 Å². The molecule has 0 bridgehead atoms. The van der Waals surface area contributed by atoms with Crippen LogP contribution in [0.5, 0.6) is 0 Å². The lowest BCUT2D eigenvalue weighted by Gasteiger charge is -2.26. The molecule has 0 saturated heterocycles. The Bertz CT molecular complexity index is 93.0. The predicted octanol–water partition coefficient (Wildman–Crippen LogP) is 2.83. The van der Waals surface area contributed by atoms with Crippen LogP contribution in [-0.4, -0.2) is 11.7 Å². The lowest BCUT2D eigenvalue weighted by Crippen LogP contribution is -2.20. The van der Waals surface area contributed by atoms with Crippen molar-refractivity contribution in [2.75, 3.05) is 6.61 Å². The molecule has 0 heterocycles. The average Bonchev–Trinajstić information content (AvgIpc) is 2.00. The molecule has 0 rings (SSSR count). The lowest BCUT2D eigenvalue weighted by atomic mass is 9.81. The van der Waals surface area contributed by atoms with Gasteiger partial charge in [-0.2, -0.15) is 0 Å². The van der Waals surface area contributed by atoms with Crippen LogP contribution in [0.3, 0.4) is 0 Å². The van der Waals surface area contributed by atoms with Gasteiger partial charge >= 0.3 is 0 Å². The number of aliphatic hydroxyl groups excluding tert-OH is 1. The number of hydrogen-bond acceptors (Lipinski definition) is 1. The van der Waals surface area contributed by atoms with Crippen LogP contribution in [0.4, 0.5) is 0 Å². The van der Waals surface area contributed by atoms with Crippen molar-refractivity contribution in [1.82, 2.24) is 0 Å². The molecule has 1 N–H and O–H groups in total. The molecule has 0 spiro atoms. The Morgan fingerprint density at radius 3 is 1.91 bits per heavy atom. The average molecular weight is 158 g/mol. The minimum atomic E-state index is 0.122. The lowest BCUT2D eigenvalue weighted by molar-refractivity contribution is 0.127. The summed E-state index contributed by atoms with van der Waals surface area (Å²) in [7, 11) is 0. The van der Waals surface area contributed by atoms with Gasteiger partial charge in [-0.1, -0.05) is 40.5 Å². The van der Waals surface area contributed by atoms with Crippen LogP contribution >= 0.6 is 0 Å². The molecule has 0 fully saturated rings. The molecule has 0 unspecified atom stereocenters. The highest BCUT2D eigenvalue weighted by atomic mass is 16.3. The summed E-state index contributed by atoms with van der Waals surface area (Å²) in [4.78, 5) is 0. The molecule has 0 aliphatic rings. The van der Waals surface area contributed by atoms with Gasteiger partial charge in [0.1, 0.15) is 0 Å². The first-order valence-electron chi connectivity index (χ1n) is 4.66. The molecular weight excluding hydrogens is 136 g/mol. The van der Waals surface area contributed by atoms with Crippen molar-refractivity contribution in [2.24, 2.45) is 11.3 Å². The highest BCUT2D eigenvalue weighted by Crippen LogP contribution is 2.27. The minimum absolute atomic E-state index is 0.122. The maximum atomic E-state index is 9.03. The van der Waals surface area contributed by atoms with E-state index in [1.54, 1.807) is 0 Å². The molecule has 11 heavy (non-hydrogen) atoms. The molecule has 0 radical (unpaired) electrons. The Morgan fingerprint density at radius 1 is 1.18 bits per heavy atom. The van der Waals surface area contributed by atoms with E-state index < -0.39 is 0 Å². The van der Waals surface area contributed by atoms with Crippen molar-refractivity contribution in [3.63, 3.8) is 0 Å². The Balaban J connectivity index is 3.79. The van der Waals surface area contributed by atoms with Crippen LogP contribution in [0.2, 0.25) is 0 Å². The number of aliphatic hydroxyl groups is 1.